The van der Waals surface area contributed by atoms with Gasteiger partial charge in [0.25, 0.3) is 0 Å². The van der Waals surface area contributed by atoms with Gasteiger partial charge < -0.3 is 17.7 Å². The third-order valence-corrected chi connectivity index (χ3v) is 3.84. The lowest BCUT2D eigenvalue weighted by atomic mass is 10.5. The summed E-state index contributed by atoms with van der Waals surface area (Å²) >= 11 is 0. The van der Waals surface area contributed by atoms with E-state index in [2.05, 4.69) is 6.58 Å². The fourth-order valence-electron chi connectivity index (χ4n) is 0.923. The second kappa shape index (κ2) is 8.13. The Morgan fingerprint density at radius 3 is 2.07 bits per heavy atom. The summed E-state index contributed by atoms with van der Waals surface area (Å²) in [5.74, 6) is 0. The van der Waals surface area contributed by atoms with Crippen LogP contribution < -0.4 is 0 Å². The van der Waals surface area contributed by atoms with E-state index in [4.69, 9.17) is 17.7 Å². The number of hydrogen-bond acceptors (Lipinski definition) is 4. The molecule has 5 heteroatoms. The predicted octanol–water partition coefficient (Wildman–Crippen LogP) is 1.73. The molecular formula is C9H20O4Si. The van der Waals surface area contributed by atoms with Crippen LogP contribution in [0.5, 0.6) is 0 Å². The normalized spacial score (nSPS) is 11.6. The lowest BCUT2D eigenvalue weighted by Crippen LogP contribution is -2.48. The minimum Gasteiger partial charge on any atom is -0.355 e. The largest absolute Gasteiger partial charge is 0.679 e. The smallest absolute Gasteiger partial charge is 0.355 e. The molecule has 0 radical (unpaired) electrons. The Balaban J connectivity index is 4.09. The van der Waals surface area contributed by atoms with E-state index in [-0.39, 0.29) is 0 Å². The molecular weight excluding hydrogens is 200 g/mol. The highest BCUT2D eigenvalue weighted by Crippen LogP contribution is 2.10. The molecule has 0 unspecified atom stereocenters. The van der Waals surface area contributed by atoms with Crippen LogP contribution in [-0.2, 0) is 17.7 Å². The highest BCUT2D eigenvalue weighted by molar-refractivity contribution is 6.53. The molecule has 0 aromatic heterocycles. The average Bonchev–Trinajstić information content (AvgIpc) is 2.19. The Morgan fingerprint density at radius 2 is 1.71 bits per heavy atom. The maximum Gasteiger partial charge on any atom is 0.679 e. The monoisotopic (exact) mass is 220 g/mol. The van der Waals surface area contributed by atoms with Crippen LogP contribution in [0.15, 0.2) is 12.7 Å². The summed E-state index contributed by atoms with van der Waals surface area (Å²) < 4.78 is 21.5. The Morgan fingerprint density at radius 1 is 1.14 bits per heavy atom. The standard InChI is InChI=1S/C9H20O4Si/c1-5-8-9-13-14(10-4,11-6-2)12-7-3/h5H,1,6-9H2,2-4H3. The Labute approximate surface area is 87.3 Å². The molecule has 0 heterocycles. The molecule has 0 aromatic rings. The molecule has 0 spiro atoms. The summed E-state index contributed by atoms with van der Waals surface area (Å²) in [6, 6.07) is 0. The number of hydrogen-bond donors (Lipinski definition) is 0. The fourth-order valence-corrected chi connectivity index (χ4v) is 2.60. The van der Waals surface area contributed by atoms with Crippen molar-refractivity contribution in [1.82, 2.24) is 0 Å². The maximum atomic E-state index is 5.50. The molecule has 0 fully saturated rings. The van der Waals surface area contributed by atoms with Crippen molar-refractivity contribution in [2.75, 3.05) is 26.9 Å². The molecule has 84 valence electrons. The van der Waals surface area contributed by atoms with E-state index in [1.165, 1.54) is 0 Å². The van der Waals surface area contributed by atoms with Crippen LogP contribution >= 0.6 is 0 Å². The summed E-state index contributed by atoms with van der Waals surface area (Å²) in [5.41, 5.74) is 0. The lowest BCUT2D eigenvalue weighted by Gasteiger charge is -2.25. The molecule has 0 rings (SSSR count). The Bertz CT molecular complexity index is 146. The third kappa shape index (κ3) is 4.87. The molecule has 0 aliphatic rings. The topological polar surface area (TPSA) is 36.9 Å². The SMILES string of the molecule is C=CCCO[Si](OC)(OCC)OCC. The maximum absolute atomic E-state index is 5.50. The van der Waals surface area contributed by atoms with Crippen molar-refractivity contribution in [2.24, 2.45) is 0 Å². The highest BCUT2D eigenvalue weighted by atomic mass is 28.4. The van der Waals surface area contributed by atoms with Crippen molar-refractivity contribution in [3.05, 3.63) is 12.7 Å². The van der Waals surface area contributed by atoms with E-state index in [1.54, 1.807) is 13.2 Å². The third-order valence-electron chi connectivity index (χ3n) is 1.49. The van der Waals surface area contributed by atoms with E-state index >= 15 is 0 Å². The van der Waals surface area contributed by atoms with Gasteiger partial charge in [-0.2, -0.15) is 0 Å². The van der Waals surface area contributed by atoms with Crippen LogP contribution in [0.3, 0.4) is 0 Å². The van der Waals surface area contributed by atoms with Gasteiger partial charge in [0.05, 0.1) is 0 Å². The first-order valence-corrected chi connectivity index (χ1v) is 6.45. The van der Waals surface area contributed by atoms with Gasteiger partial charge in [-0.05, 0) is 20.3 Å². The van der Waals surface area contributed by atoms with Crippen molar-refractivity contribution in [3.8, 4) is 0 Å². The minimum atomic E-state index is -2.85. The summed E-state index contributed by atoms with van der Waals surface area (Å²) in [4.78, 5) is 0. The van der Waals surface area contributed by atoms with E-state index in [0.717, 1.165) is 6.42 Å². The summed E-state index contributed by atoms with van der Waals surface area (Å²) in [7, 11) is -1.31. The van der Waals surface area contributed by atoms with Gasteiger partial charge >= 0.3 is 9.05 Å². The van der Waals surface area contributed by atoms with Crippen LogP contribution in [0.4, 0.5) is 0 Å². The van der Waals surface area contributed by atoms with Crippen molar-refractivity contribution < 1.29 is 17.7 Å². The Kier molecular flexibility index (Phi) is 8.02. The first kappa shape index (κ1) is 13.8. The number of rotatable bonds is 9. The zero-order chi connectivity index (χ0) is 10.9. The zero-order valence-corrected chi connectivity index (χ0v) is 10.2. The van der Waals surface area contributed by atoms with Gasteiger partial charge in [-0.25, -0.2) is 0 Å². The summed E-state index contributed by atoms with van der Waals surface area (Å²) in [6.45, 7) is 8.94. The molecule has 0 amide bonds. The molecule has 0 aliphatic carbocycles. The minimum absolute atomic E-state index is 0.517. The van der Waals surface area contributed by atoms with Gasteiger partial charge in [-0.3, -0.25) is 0 Å². The van der Waals surface area contributed by atoms with Crippen LogP contribution in [0.25, 0.3) is 0 Å². The van der Waals surface area contributed by atoms with Gasteiger partial charge in [0, 0.05) is 26.9 Å². The van der Waals surface area contributed by atoms with E-state index in [9.17, 15) is 0 Å². The van der Waals surface area contributed by atoms with E-state index < -0.39 is 9.05 Å². The van der Waals surface area contributed by atoms with Gasteiger partial charge in [-0.15, -0.1) is 6.58 Å². The molecule has 0 saturated carbocycles. The van der Waals surface area contributed by atoms with Gasteiger partial charge in [0.2, 0.25) is 0 Å². The Hall–Kier alpha value is -0.203. The second-order valence-electron chi connectivity index (χ2n) is 2.50. The molecule has 14 heavy (non-hydrogen) atoms. The van der Waals surface area contributed by atoms with Crippen LogP contribution in [0.1, 0.15) is 20.3 Å². The average molecular weight is 220 g/mol. The molecule has 4 nitrogen and oxygen atoms in total. The summed E-state index contributed by atoms with van der Waals surface area (Å²) in [6.07, 6.45) is 2.55. The van der Waals surface area contributed by atoms with Crippen molar-refractivity contribution in [2.45, 2.75) is 20.3 Å². The highest BCUT2D eigenvalue weighted by Gasteiger charge is 2.43. The zero-order valence-electron chi connectivity index (χ0n) is 9.25. The molecule has 0 saturated heterocycles. The van der Waals surface area contributed by atoms with Crippen molar-refractivity contribution in [3.63, 3.8) is 0 Å². The van der Waals surface area contributed by atoms with Gasteiger partial charge in [-0.1, -0.05) is 6.08 Å². The van der Waals surface area contributed by atoms with Crippen molar-refractivity contribution >= 4 is 9.05 Å². The van der Waals surface area contributed by atoms with Crippen LogP contribution in [0.2, 0.25) is 0 Å². The van der Waals surface area contributed by atoms with E-state index in [1.807, 2.05) is 13.8 Å². The lowest BCUT2D eigenvalue weighted by molar-refractivity contribution is -0.0160. The first-order chi connectivity index (χ1) is 6.74. The predicted molar refractivity (Wildman–Crippen MR) is 56.8 cm³/mol. The molecule has 0 N–H and O–H groups in total. The molecule has 0 bridgehead atoms. The van der Waals surface area contributed by atoms with Gasteiger partial charge in [0.15, 0.2) is 0 Å². The second-order valence-corrected chi connectivity index (χ2v) is 4.77. The first-order valence-electron chi connectivity index (χ1n) is 4.82. The quantitative estimate of drug-likeness (QED) is 0.337. The summed E-state index contributed by atoms with van der Waals surface area (Å²) in [5, 5.41) is 0. The molecule has 0 atom stereocenters. The molecule has 0 aliphatic heterocycles. The van der Waals surface area contributed by atoms with Crippen LogP contribution in [-0.4, -0.2) is 36.0 Å². The van der Waals surface area contributed by atoms with E-state index in [0.29, 0.717) is 19.8 Å². The van der Waals surface area contributed by atoms with Crippen LogP contribution in [0, 0.1) is 0 Å². The molecule has 0 aromatic carbocycles. The van der Waals surface area contributed by atoms with Gasteiger partial charge in [0.1, 0.15) is 0 Å². The van der Waals surface area contributed by atoms with Crippen molar-refractivity contribution in [1.29, 1.82) is 0 Å². The fraction of sp³-hybridized carbons (Fsp3) is 0.778.